The van der Waals surface area contributed by atoms with Crippen LogP contribution in [0.25, 0.3) is 0 Å². The molecule has 0 spiro atoms. The minimum Gasteiger partial charge on any atom is -0.478 e. The zero-order chi connectivity index (χ0) is 13.8. The number of aryl methyl sites for hydroxylation is 1. The lowest BCUT2D eigenvalue weighted by atomic mass is 10.2. The molecule has 2 rings (SSSR count). The molecule has 2 aromatic rings. The van der Waals surface area contributed by atoms with Gasteiger partial charge >= 0.3 is 5.97 Å². The van der Waals surface area contributed by atoms with E-state index in [0.717, 1.165) is 11.5 Å². The fourth-order valence-electron chi connectivity index (χ4n) is 1.93. The molecule has 100 valence electrons. The molecule has 5 heteroatoms. The van der Waals surface area contributed by atoms with Crippen LogP contribution in [0.3, 0.4) is 0 Å². The number of anilines is 1. The SMILES string of the molecule is CCN(Cc1ccco1)c1cc(C)ncc1C(=O)O. The Morgan fingerprint density at radius 2 is 2.32 bits per heavy atom. The highest BCUT2D eigenvalue weighted by Crippen LogP contribution is 2.23. The summed E-state index contributed by atoms with van der Waals surface area (Å²) in [5, 5.41) is 9.24. The van der Waals surface area contributed by atoms with Crippen molar-refractivity contribution in [3.05, 3.63) is 47.7 Å². The number of aromatic nitrogens is 1. The lowest BCUT2D eigenvalue weighted by Gasteiger charge is -2.23. The Morgan fingerprint density at radius 3 is 2.89 bits per heavy atom. The highest BCUT2D eigenvalue weighted by Gasteiger charge is 2.17. The number of nitrogens with zero attached hydrogens (tertiary/aromatic N) is 2. The number of furan rings is 1. The van der Waals surface area contributed by atoms with Gasteiger partial charge in [0, 0.05) is 18.4 Å². The Hall–Kier alpha value is -2.30. The van der Waals surface area contributed by atoms with Crippen LogP contribution in [0, 0.1) is 6.92 Å². The first-order valence-corrected chi connectivity index (χ1v) is 6.09. The van der Waals surface area contributed by atoms with Crippen LogP contribution in [-0.4, -0.2) is 22.6 Å². The molecule has 19 heavy (non-hydrogen) atoms. The summed E-state index contributed by atoms with van der Waals surface area (Å²) >= 11 is 0. The van der Waals surface area contributed by atoms with Crippen LogP contribution in [0.2, 0.25) is 0 Å². The second kappa shape index (κ2) is 5.56. The molecule has 0 atom stereocenters. The van der Waals surface area contributed by atoms with Gasteiger partial charge in [-0.2, -0.15) is 0 Å². The molecule has 5 nitrogen and oxygen atoms in total. The standard InChI is InChI=1S/C14H16N2O3/c1-3-16(9-11-5-4-6-19-11)13-7-10(2)15-8-12(13)14(17)18/h4-8H,3,9H2,1-2H3,(H,17,18). The van der Waals surface area contributed by atoms with Gasteiger partial charge in [0.2, 0.25) is 0 Å². The highest BCUT2D eigenvalue weighted by molar-refractivity contribution is 5.94. The number of aromatic carboxylic acids is 1. The molecule has 0 fully saturated rings. The first kappa shape index (κ1) is 13.1. The molecule has 0 bridgehead atoms. The molecule has 0 aliphatic rings. The number of carbonyl (C=O) groups is 1. The fraction of sp³-hybridized carbons (Fsp3) is 0.286. The Kier molecular flexibility index (Phi) is 3.85. The van der Waals surface area contributed by atoms with Crippen LogP contribution in [-0.2, 0) is 6.54 Å². The van der Waals surface area contributed by atoms with E-state index >= 15 is 0 Å². The monoisotopic (exact) mass is 260 g/mol. The molecule has 0 amide bonds. The summed E-state index contributed by atoms with van der Waals surface area (Å²) in [6.07, 6.45) is 3.01. The lowest BCUT2D eigenvalue weighted by molar-refractivity contribution is 0.0697. The zero-order valence-corrected chi connectivity index (χ0v) is 11.0. The molecule has 0 saturated heterocycles. The van der Waals surface area contributed by atoms with Crippen molar-refractivity contribution in [2.24, 2.45) is 0 Å². The second-order valence-corrected chi connectivity index (χ2v) is 4.24. The maximum Gasteiger partial charge on any atom is 0.339 e. The van der Waals surface area contributed by atoms with Gasteiger partial charge < -0.3 is 14.4 Å². The van der Waals surface area contributed by atoms with Crippen molar-refractivity contribution in [1.29, 1.82) is 0 Å². The van der Waals surface area contributed by atoms with E-state index < -0.39 is 5.97 Å². The van der Waals surface area contributed by atoms with Crippen molar-refractivity contribution in [2.45, 2.75) is 20.4 Å². The minimum atomic E-state index is -0.972. The summed E-state index contributed by atoms with van der Waals surface area (Å²) in [4.78, 5) is 17.3. The Labute approximate surface area is 111 Å². The van der Waals surface area contributed by atoms with E-state index in [2.05, 4.69) is 4.98 Å². The second-order valence-electron chi connectivity index (χ2n) is 4.24. The molecule has 2 heterocycles. The van der Waals surface area contributed by atoms with E-state index in [0.29, 0.717) is 18.8 Å². The topological polar surface area (TPSA) is 66.6 Å². The Balaban J connectivity index is 2.36. The van der Waals surface area contributed by atoms with Crippen molar-refractivity contribution < 1.29 is 14.3 Å². The summed E-state index contributed by atoms with van der Waals surface area (Å²) in [5.41, 5.74) is 1.66. The van der Waals surface area contributed by atoms with E-state index in [1.165, 1.54) is 6.20 Å². The predicted octanol–water partition coefficient (Wildman–Crippen LogP) is 2.71. The average Bonchev–Trinajstić information content (AvgIpc) is 2.88. The minimum absolute atomic E-state index is 0.207. The number of carboxylic acids is 1. The van der Waals surface area contributed by atoms with Crippen LogP contribution < -0.4 is 4.90 Å². The van der Waals surface area contributed by atoms with Crippen LogP contribution in [0.5, 0.6) is 0 Å². The predicted molar refractivity (Wildman–Crippen MR) is 71.4 cm³/mol. The third kappa shape index (κ3) is 2.93. The van der Waals surface area contributed by atoms with Gasteiger partial charge in [0.05, 0.1) is 18.5 Å². The van der Waals surface area contributed by atoms with Gasteiger partial charge in [-0.05, 0) is 32.0 Å². The van der Waals surface area contributed by atoms with Crippen LogP contribution in [0.1, 0.15) is 28.7 Å². The van der Waals surface area contributed by atoms with E-state index in [4.69, 9.17) is 4.42 Å². The van der Waals surface area contributed by atoms with Gasteiger partial charge in [0.15, 0.2) is 0 Å². The number of rotatable bonds is 5. The summed E-state index contributed by atoms with van der Waals surface area (Å²) < 4.78 is 5.31. The largest absolute Gasteiger partial charge is 0.478 e. The van der Waals surface area contributed by atoms with Crippen molar-refractivity contribution >= 4 is 11.7 Å². The number of pyridine rings is 1. The summed E-state index contributed by atoms with van der Waals surface area (Å²) in [6.45, 7) is 5.04. The molecule has 0 aliphatic heterocycles. The smallest absolute Gasteiger partial charge is 0.339 e. The third-order valence-corrected chi connectivity index (χ3v) is 2.90. The maximum atomic E-state index is 11.3. The molecule has 0 saturated carbocycles. The quantitative estimate of drug-likeness (QED) is 0.895. The molecule has 0 aliphatic carbocycles. The molecular formula is C14H16N2O3. The van der Waals surface area contributed by atoms with Crippen LogP contribution in [0.4, 0.5) is 5.69 Å². The maximum absolute atomic E-state index is 11.3. The normalized spacial score (nSPS) is 10.4. The Morgan fingerprint density at radius 1 is 1.53 bits per heavy atom. The van der Waals surface area contributed by atoms with Crippen LogP contribution >= 0.6 is 0 Å². The molecule has 0 aromatic carbocycles. The molecule has 0 radical (unpaired) electrons. The molecule has 0 unspecified atom stereocenters. The first-order chi connectivity index (χ1) is 9.11. The number of carboxylic acid groups (broad SMARTS) is 1. The fourth-order valence-corrected chi connectivity index (χ4v) is 1.93. The van der Waals surface area contributed by atoms with Crippen molar-refractivity contribution in [1.82, 2.24) is 4.98 Å². The van der Waals surface area contributed by atoms with Gasteiger partial charge in [-0.3, -0.25) is 4.98 Å². The summed E-state index contributed by atoms with van der Waals surface area (Å²) in [7, 11) is 0. The van der Waals surface area contributed by atoms with E-state index in [9.17, 15) is 9.90 Å². The number of hydrogen-bond donors (Lipinski definition) is 1. The average molecular weight is 260 g/mol. The van der Waals surface area contributed by atoms with Crippen molar-refractivity contribution in [2.75, 3.05) is 11.4 Å². The summed E-state index contributed by atoms with van der Waals surface area (Å²) in [6, 6.07) is 5.48. The van der Waals surface area contributed by atoms with E-state index in [-0.39, 0.29) is 5.56 Å². The lowest BCUT2D eigenvalue weighted by Crippen LogP contribution is -2.24. The van der Waals surface area contributed by atoms with E-state index in [1.54, 1.807) is 12.3 Å². The first-order valence-electron chi connectivity index (χ1n) is 6.09. The van der Waals surface area contributed by atoms with Gasteiger partial charge in [-0.25, -0.2) is 4.79 Å². The Bertz CT molecular complexity index is 564. The van der Waals surface area contributed by atoms with Crippen LogP contribution in [0.15, 0.2) is 35.1 Å². The molecular weight excluding hydrogens is 244 g/mol. The summed E-state index contributed by atoms with van der Waals surface area (Å²) in [5.74, 6) is -0.173. The van der Waals surface area contributed by atoms with Gasteiger partial charge in [-0.1, -0.05) is 0 Å². The molecule has 1 N–H and O–H groups in total. The highest BCUT2D eigenvalue weighted by atomic mass is 16.4. The van der Waals surface area contributed by atoms with Crippen molar-refractivity contribution in [3.63, 3.8) is 0 Å². The van der Waals surface area contributed by atoms with Gasteiger partial charge in [-0.15, -0.1) is 0 Å². The van der Waals surface area contributed by atoms with Gasteiger partial charge in [0.25, 0.3) is 0 Å². The number of hydrogen-bond acceptors (Lipinski definition) is 4. The third-order valence-electron chi connectivity index (χ3n) is 2.90. The van der Waals surface area contributed by atoms with Crippen molar-refractivity contribution in [3.8, 4) is 0 Å². The molecule has 2 aromatic heterocycles. The zero-order valence-electron chi connectivity index (χ0n) is 11.0. The van der Waals surface area contributed by atoms with E-state index in [1.807, 2.05) is 30.9 Å². The van der Waals surface area contributed by atoms with Gasteiger partial charge in [0.1, 0.15) is 11.3 Å².